The Morgan fingerprint density at radius 1 is 0.680 bits per heavy atom. The number of nitrogen functional groups attached to an aromatic ring is 1. The van der Waals surface area contributed by atoms with Crippen molar-refractivity contribution >= 4 is 59.8 Å². The fourth-order valence-corrected chi connectivity index (χ4v) is 8.47. The molecule has 3 aromatic carbocycles. The molecule has 3 aromatic rings. The summed E-state index contributed by atoms with van der Waals surface area (Å²) in [6, 6.07) is 8.88. The molecule has 3 fully saturated rings. The number of rotatable bonds is 9. The number of nitrogens with zero attached hydrogens (tertiary/aromatic N) is 4. The van der Waals surface area contributed by atoms with E-state index in [1.165, 1.54) is 6.07 Å². The van der Waals surface area contributed by atoms with Gasteiger partial charge in [0.2, 0.25) is 0 Å². The molecule has 3 aliphatic rings. The molecule has 0 saturated carbocycles. The number of nitro groups is 2. The lowest BCUT2D eigenvalue weighted by Crippen LogP contribution is -2.44. The van der Waals surface area contributed by atoms with E-state index in [2.05, 4.69) is 93.9 Å². The molecule has 3 aliphatic heterocycles. The third-order valence-electron chi connectivity index (χ3n) is 12.9. The highest BCUT2D eigenvalue weighted by Gasteiger charge is 2.41. The van der Waals surface area contributed by atoms with E-state index in [4.69, 9.17) is 26.3 Å². The van der Waals surface area contributed by atoms with Crippen LogP contribution in [0.2, 0.25) is 36.3 Å². The second-order valence-corrected chi connectivity index (χ2v) is 34.0. The van der Waals surface area contributed by atoms with Crippen LogP contribution in [-0.4, -0.2) is 103 Å². The van der Waals surface area contributed by atoms with E-state index < -0.39 is 78.2 Å². The first-order valence-electron chi connectivity index (χ1n) is 23.6. The fraction of sp³-hybridized carbons (Fsp3) is 0.633. The van der Waals surface area contributed by atoms with Crippen LogP contribution in [0.25, 0.3) is 0 Å². The zero-order chi connectivity index (χ0) is 57.0. The average molecular weight is 1200 g/mol. The number of nitrogens with one attached hydrogen (secondary N) is 1. The molecule has 6 rings (SSSR count). The Labute approximate surface area is 450 Å². The summed E-state index contributed by atoms with van der Waals surface area (Å²) in [5, 5.41) is 42.8. The van der Waals surface area contributed by atoms with Crippen LogP contribution in [0, 0.1) is 20.2 Å². The van der Waals surface area contributed by atoms with Crippen LogP contribution in [0.15, 0.2) is 54.6 Å². The zero-order valence-electron chi connectivity index (χ0n) is 43.4. The van der Waals surface area contributed by atoms with Crippen LogP contribution >= 0.6 is 27.0 Å². The predicted molar refractivity (Wildman–Crippen MR) is 286 cm³/mol. The van der Waals surface area contributed by atoms with Crippen molar-refractivity contribution in [3.63, 3.8) is 0 Å². The Hall–Kier alpha value is -3.41. The molecule has 428 valence electrons. The molecule has 75 heavy (non-hydrogen) atoms. The average Bonchev–Trinajstić information content (AvgIpc) is 4.01. The molecule has 0 aromatic heterocycles. The van der Waals surface area contributed by atoms with Gasteiger partial charge in [-0.3, -0.25) is 30.0 Å². The molecule has 13 nitrogen and oxygen atoms in total. The van der Waals surface area contributed by atoms with Crippen molar-refractivity contribution in [1.29, 1.82) is 0 Å². The minimum Gasteiger partial charge on any atom is -0.413 e. The van der Waals surface area contributed by atoms with Gasteiger partial charge in [-0.2, -0.15) is 50.6 Å². The van der Waals surface area contributed by atoms with Gasteiger partial charge in [-0.05, 0) is 96.0 Å². The van der Waals surface area contributed by atoms with Gasteiger partial charge in [-0.1, -0.05) is 78.0 Å². The zero-order valence-corrected chi connectivity index (χ0v) is 47.7. The normalized spacial score (nSPS) is 18.7. The van der Waals surface area contributed by atoms with E-state index in [1.54, 1.807) is 11.0 Å². The maximum Gasteiger partial charge on any atom is 0.416 e. The van der Waals surface area contributed by atoms with E-state index in [0.717, 1.165) is 69.4 Å². The highest BCUT2D eigenvalue weighted by molar-refractivity contribution is 9.08. The van der Waals surface area contributed by atoms with E-state index in [0.29, 0.717) is 48.8 Å². The molecule has 3 atom stereocenters. The Morgan fingerprint density at radius 3 is 1.44 bits per heavy atom. The van der Waals surface area contributed by atoms with Crippen molar-refractivity contribution in [3.05, 3.63) is 108 Å². The van der Waals surface area contributed by atoms with Crippen molar-refractivity contribution < 1.29 is 64.0 Å². The Balaban J connectivity index is 0.000000504. The van der Waals surface area contributed by atoms with Gasteiger partial charge in [0, 0.05) is 81.1 Å². The van der Waals surface area contributed by atoms with Crippen molar-refractivity contribution in [2.75, 3.05) is 45.0 Å². The second kappa shape index (κ2) is 28.5. The number of hydrogen-bond acceptors (Lipinski definition) is 11. The summed E-state index contributed by atoms with van der Waals surface area (Å²) in [5.41, 5.74) is 2.99. The first kappa shape index (κ1) is 69.6. The number of nitro benzene ring substituents is 2. The summed E-state index contributed by atoms with van der Waals surface area (Å²) in [5.74, 6) is 0. The van der Waals surface area contributed by atoms with Gasteiger partial charge in [-0.15, -0.1) is 0 Å². The maximum atomic E-state index is 12.9. The number of non-ortho nitro benzene ring substituents is 2. The quantitative estimate of drug-likeness (QED) is 0.0305. The lowest BCUT2D eigenvalue weighted by atomic mass is 10.1. The molecule has 0 amide bonds. The van der Waals surface area contributed by atoms with Crippen LogP contribution in [0.1, 0.15) is 102 Å². The molecule has 0 unspecified atom stereocenters. The van der Waals surface area contributed by atoms with E-state index in [-0.39, 0.29) is 53.4 Å². The van der Waals surface area contributed by atoms with E-state index in [9.17, 15) is 64.8 Å². The number of aliphatic hydroxyl groups is 2. The maximum absolute atomic E-state index is 12.9. The molecule has 0 aliphatic carbocycles. The van der Waals surface area contributed by atoms with Gasteiger partial charge in [0.05, 0.1) is 44.8 Å². The summed E-state index contributed by atoms with van der Waals surface area (Å²) in [6.07, 6.45) is -11.6. The van der Waals surface area contributed by atoms with Crippen LogP contribution in [0.5, 0.6) is 0 Å². The summed E-state index contributed by atoms with van der Waals surface area (Å²) in [4.78, 5) is 23.3. The lowest BCUT2D eigenvalue weighted by Gasteiger charge is -2.38. The molecular weight excluding hydrogens is 1130 g/mol. The van der Waals surface area contributed by atoms with Crippen molar-refractivity contribution in [2.24, 2.45) is 0 Å². The topological polar surface area (TPSA) is 180 Å². The lowest BCUT2D eigenvalue weighted by molar-refractivity contribution is -0.385. The number of hydrogen-bond donors (Lipinski definition) is 4. The Bertz CT molecular complexity index is 2280. The number of anilines is 1. The largest absolute Gasteiger partial charge is 0.416 e. The first-order valence-corrected chi connectivity index (χ1v) is 31.7. The van der Waals surface area contributed by atoms with Crippen LogP contribution < -0.4 is 11.1 Å². The molecule has 5 N–H and O–H groups in total. The minimum absolute atomic E-state index is 0. The summed E-state index contributed by atoms with van der Waals surface area (Å²) < 4.78 is 120. The van der Waals surface area contributed by atoms with E-state index in [1.807, 2.05) is 0 Å². The van der Waals surface area contributed by atoms with Gasteiger partial charge in [0.15, 0.2) is 15.7 Å². The Kier molecular flexibility index (Phi) is 26.4. The van der Waals surface area contributed by atoms with Crippen LogP contribution in [-0.2, 0) is 41.4 Å². The number of likely N-dealkylation sites (tertiary alicyclic amines) is 2. The van der Waals surface area contributed by atoms with Crippen molar-refractivity contribution in [1.82, 2.24) is 15.1 Å². The summed E-state index contributed by atoms with van der Waals surface area (Å²) in [7, 11) is -3.22. The highest BCUT2D eigenvalue weighted by atomic mass is 79.9. The van der Waals surface area contributed by atoms with Gasteiger partial charge in [-0.25, -0.2) is 0 Å². The minimum atomic E-state index is -4.62. The van der Waals surface area contributed by atoms with Gasteiger partial charge < -0.3 is 25.7 Å². The number of nitrogens with two attached hydrogens (primary N) is 1. The van der Waals surface area contributed by atoms with Crippen molar-refractivity contribution in [2.45, 2.75) is 160 Å². The predicted octanol–water partition coefficient (Wildman–Crippen LogP) is 13.8. The third kappa shape index (κ3) is 24.4. The first-order chi connectivity index (χ1) is 33.5. The second-order valence-electron chi connectivity index (χ2n) is 21.5. The highest BCUT2D eigenvalue weighted by Crippen LogP contribution is 2.40. The third-order valence-corrected chi connectivity index (χ3v) is 23.4. The van der Waals surface area contributed by atoms with Crippen LogP contribution in [0.4, 0.5) is 56.6 Å². The monoisotopic (exact) mass is 1200 g/mol. The van der Waals surface area contributed by atoms with Gasteiger partial charge in [0.1, 0.15) is 0 Å². The Morgan fingerprint density at radius 2 is 1.09 bits per heavy atom. The van der Waals surface area contributed by atoms with Crippen molar-refractivity contribution in [3.8, 4) is 0 Å². The summed E-state index contributed by atoms with van der Waals surface area (Å²) >= 11 is 9.10. The molecule has 0 spiro atoms. The standard InChI is InChI=1S/C18H29F3N2OSi.C12H13F3N2O3.C8H5BrF3NO2.C6H15ClSi.C4H9NO.CH4/c1-17(2,3)25(4,5)24-16-6-7-23(12-16)11-13-8-14(18(19,20)21)10-15(22)9-13;13-12(14,15)9-3-8(4-10(5-9)17(19)20)6-16-2-1-11(18)7-16;9-4-5-1-6(8(10,11)12)3-7(2-5)13(14)15;1-6(2,3)8(4,5)7;6-4-1-2-5-3-4;/h8-10,16H,6-7,11-12,22H2,1-5H3;3-5,11,18H,1-2,6-7H2;1-3H,4H2;1-5H3;4-6H,1-3H2;1H4/t16-;11-;;;4-;/m00..0./s1. The van der Waals surface area contributed by atoms with Gasteiger partial charge in [0.25, 0.3) is 11.4 Å². The SMILES string of the molecule is C.CC(C)(C)[Si](C)(C)Cl.CC(C)(C)[Si](C)(C)O[C@H]1CCN(Cc2cc(N)cc(C(F)(F)F)c2)C1.O=[N+]([O-])c1cc(CBr)cc(C(F)(F)F)c1.O=[N+]([O-])c1cc(CN2CC[C@H](O)C2)cc(C(F)(F)F)c1.O[C@H]1CCNC1. The molecular formula is C49H75BrClF9N6O7Si2. The van der Waals surface area contributed by atoms with E-state index >= 15 is 0 Å². The number of alkyl halides is 10. The number of benzene rings is 3. The summed E-state index contributed by atoms with van der Waals surface area (Å²) in [6.45, 7) is 26.9. The molecule has 0 radical (unpaired) electrons. The molecule has 0 bridgehead atoms. The smallest absolute Gasteiger partial charge is 0.413 e. The number of halogens is 11. The number of β-amino-alcohol motifs (C(OH)–C–C–N with tert-alkyl or cyclic N) is 2. The van der Waals surface area contributed by atoms with Gasteiger partial charge >= 0.3 is 18.5 Å². The number of aliphatic hydroxyl groups excluding tert-OH is 2. The fourth-order valence-electron chi connectivity index (χ4n) is 6.77. The van der Waals surface area contributed by atoms with Crippen LogP contribution in [0.3, 0.4) is 0 Å². The molecule has 3 heterocycles. The molecule has 26 heteroatoms. The molecule has 3 saturated heterocycles.